The first-order chi connectivity index (χ1) is 6.18. The summed E-state index contributed by atoms with van der Waals surface area (Å²) in [7, 11) is 0. The maximum absolute atomic E-state index is 12.1. The summed E-state index contributed by atoms with van der Waals surface area (Å²) in [6, 6.07) is 0. The fraction of sp³-hybridized carbons (Fsp3) is 1.00. The van der Waals surface area contributed by atoms with Crippen molar-refractivity contribution in [2.45, 2.75) is 12.6 Å². The average Bonchev–Trinajstić information content (AvgIpc) is 2.29. The topological polar surface area (TPSA) is 3.24 Å². The van der Waals surface area contributed by atoms with Crippen LogP contribution in [0.15, 0.2) is 0 Å². The summed E-state index contributed by atoms with van der Waals surface area (Å²) in [6.07, 6.45) is -5.78. The summed E-state index contributed by atoms with van der Waals surface area (Å²) in [5, 5.41) is 0. The first kappa shape index (κ1) is 11.7. The summed E-state index contributed by atoms with van der Waals surface area (Å²) in [5.41, 5.74) is 0. The van der Waals surface area contributed by atoms with Gasteiger partial charge in [-0.2, -0.15) is 13.2 Å². The van der Waals surface area contributed by atoms with E-state index in [4.69, 9.17) is 0 Å². The van der Waals surface area contributed by atoms with Gasteiger partial charge in [-0.3, -0.25) is 0 Å². The molecule has 1 aliphatic rings. The Kier molecular flexibility index (Phi) is 3.03. The van der Waals surface area contributed by atoms with Crippen molar-refractivity contribution >= 4 is 6.98 Å². The predicted octanol–water partition coefficient (Wildman–Crippen LogP) is 2.26. The minimum absolute atomic E-state index is 0.120. The molecule has 1 fully saturated rings. The Morgan fingerprint density at radius 2 is 1.79 bits per heavy atom. The first-order valence-electron chi connectivity index (χ1n) is 4.18. The van der Waals surface area contributed by atoms with Gasteiger partial charge >= 0.3 is 13.2 Å². The van der Waals surface area contributed by atoms with Crippen molar-refractivity contribution in [1.29, 1.82) is 0 Å². The highest BCUT2D eigenvalue weighted by molar-refractivity contribution is 6.58. The van der Waals surface area contributed by atoms with E-state index in [2.05, 4.69) is 0 Å². The van der Waals surface area contributed by atoms with Crippen LogP contribution in [-0.2, 0) is 0 Å². The van der Waals surface area contributed by atoms with E-state index in [9.17, 15) is 26.1 Å². The van der Waals surface area contributed by atoms with Gasteiger partial charge in [0.25, 0.3) is 0 Å². The third kappa shape index (κ3) is 3.40. The molecule has 0 aromatic heterocycles. The van der Waals surface area contributed by atoms with Gasteiger partial charge in [0.2, 0.25) is 0 Å². The molecule has 0 amide bonds. The minimum Gasteiger partial charge on any atom is -0.448 e. The molecule has 0 aliphatic carbocycles. The van der Waals surface area contributed by atoms with Crippen molar-refractivity contribution in [3.63, 3.8) is 0 Å². The van der Waals surface area contributed by atoms with Gasteiger partial charge in [0, 0.05) is 6.54 Å². The molecule has 1 atom stereocenters. The van der Waals surface area contributed by atoms with Crippen LogP contribution in [0.3, 0.4) is 0 Å². The fourth-order valence-corrected chi connectivity index (χ4v) is 1.56. The number of nitrogens with zero attached hydrogens (tertiary/aromatic N) is 1. The number of rotatable bonds is 2. The summed E-state index contributed by atoms with van der Waals surface area (Å²) < 4.78 is 71.8. The zero-order valence-corrected chi connectivity index (χ0v) is 7.20. The van der Waals surface area contributed by atoms with Crippen molar-refractivity contribution in [3.8, 4) is 0 Å². The quantitative estimate of drug-likeness (QED) is 0.509. The van der Waals surface area contributed by atoms with Crippen LogP contribution >= 0.6 is 0 Å². The number of hydrogen-bond acceptors (Lipinski definition) is 1. The lowest BCUT2D eigenvalue weighted by Gasteiger charge is -2.23. The Balaban J connectivity index is 2.42. The molecule has 1 rings (SSSR count). The smallest absolute Gasteiger partial charge is 0.448 e. The summed E-state index contributed by atoms with van der Waals surface area (Å²) >= 11 is 0. The number of halogens is 6. The third-order valence-electron chi connectivity index (χ3n) is 2.20. The number of hydrogen-bond donors (Lipinski definition) is 0. The van der Waals surface area contributed by atoms with Crippen LogP contribution < -0.4 is 0 Å². The Morgan fingerprint density at radius 1 is 1.21 bits per heavy atom. The predicted molar refractivity (Wildman–Crippen MR) is 39.7 cm³/mol. The van der Waals surface area contributed by atoms with E-state index in [0.29, 0.717) is 0 Å². The second kappa shape index (κ2) is 3.64. The lowest BCUT2D eigenvalue weighted by atomic mass is 9.91. The molecule has 0 N–H and O–H groups in total. The Hall–Kier alpha value is -0.395. The second-order valence-electron chi connectivity index (χ2n) is 3.50. The van der Waals surface area contributed by atoms with Gasteiger partial charge < -0.3 is 17.8 Å². The van der Waals surface area contributed by atoms with E-state index in [-0.39, 0.29) is 13.0 Å². The first-order valence-corrected chi connectivity index (χ1v) is 4.18. The minimum atomic E-state index is -5.02. The highest BCUT2D eigenvalue weighted by atomic mass is 19.4. The van der Waals surface area contributed by atoms with Crippen molar-refractivity contribution < 1.29 is 26.1 Å². The van der Waals surface area contributed by atoms with Crippen molar-refractivity contribution in [2.24, 2.45) is 5.92 Å². The van der Waals surface area contributed by atoms with Gasteiger partial charge in [-0.05, 0) is 19.4 Å². The maximum Gasteiger partial charge on any atom is 0.492 e. The molecule has 14 heavy (non-hydrogen) atoms. The van der Waals surface area contributed by atoms with Crippen molar-refractivity contribution in [2.75, 3.05) is 19.5 Å². The summed E-state index contributed by atoms with van der Waals surface area (Å²) in [4.78, 5) is 0.818. The van der Waals surface area contributed by atoms with Crippen molar-refractivity contribution in [1.82, 2.24) is 4.90 Å². The molecule has 84 valence electrons. The van der Waals surface area contributed by atoms with E-state index in [0.717, 1.165) is 4.90 Å². The highest BCUT2D eigenvalue weighted by Crippen LogP contribution is 2.33. The van der Waals surface area contributed by atoms with Crippen LogP contribution in [0.4, 0.5) is 26.1 Å². The number of likely N-dealkylation sites (tertiary alicyclic amines) is 1. The molecule has 0 aromatic rings. The van der Waals surface area contributed by atoms with Gasteiger partial charge in [0.15, 0.2) is 0 Å². The molecule has 1 aliphatic heterocycles. The van der Waals surface area contributed by atoms with Crippen LogP contribution in [0, 0.1) is 5.92 Å². The largest absolute Gasteiger partial charge is 0.492 e. The Bertz CT molecular complexity index is 199. The maximum atomic E-state index is 12.1. The molecule has 0 radical (unpaired) electrons. The van der Waals surface area contributed by atoms with Gasteiger partial charge in [-0.1, -0.05) is 0 Å². The van der Waals surface area contributed by atoms with Gasteiger partial charge in [0.1, 0.15) is 0 Å². The van der Waals surface area contributed by atoms with E-state index in [1.807, 2.05) is 0 Å². The van der Waals surface area contributed by atoms with Crippen LogP contribution in [0.2, 0.25) is 0 Å². The molecule has 0 bridgehead atoms. The van der Waals surface area contributed by atoms with Crippen LogP contribution in [-0.4, -0.2) is 37.6 Å². The summed E-state index contributed by atoms with van der Waals surface area (Å²) in [5.74, 6) is -1.60. The zero-order chi connectivity index (χ0) is 11.0. The molecule has 0 aromatic carbocycles. The monoisotopic (exact) mass is 220 g/mol. The molecule has 1 unspecified atom stereocenters. The van der Waals surface area contributed by atoms with Crippen LogP contribution in [0.5, 0.6) is 0 Å². The Labute approximate surface area is 77.1 Å². The standard InChI is InChI=1S/C6H9BF6N/c8-6(9,10)5-1-2-14(3-5)4-7(11,12)13/h5H,1-4H2/q-1. The molecule has 8 heteroatoms. The van der Waals surface area contributed by atoms with E-state index in [1.54, 1.807) is 0 Å². The molecular weight excluding hydrogens is 211 g/mol. The van der Waals surface area contributed by atoms with Gasteiger partial charge in [-0.25, -0.2) is 0 Å². The normalized spacial score (nSPS) is 25.7. The molecule has 1 nitrogen and oxygen atoms in total. The zero-order valence-electron chi connectivity index (χ0n) is 7.20. The van der Waals surface area contributed by atoms with Crippen molar-refractivity contribution in [3.05, 3.63) is 0 Å². The van der Waals surface area contributed by atoms with E-state index < -0.39 is 32.1 Å². The molecule has 0 spiro atoms. The lowest BCUT2D eigenvalue weighted by Crippen LogP contribution is -2.37. The SMILES string of the molecule is F[B-](F)(F)CN1CCC(C(F)(F)F)C1. The van der Waals surface area contributed by atoms with Crippen LogP contribution in [0.25, 0.3) is 0 Å². The highest BCUT2D eigenvalue weighted by Gasteiger charge is 2.44. The molecule has 0 saturated carbocycles. The number of alkyl halides is 3. The molecular formula is C6H9BF6N-. The second-order valence-corrected chi connectivity index (χ2v) is 3.50. The average molecular weight is 220 g/mol. The molecule has 1 heterocycles. The van der Waals surface area contributed by atoms with Gasteiger partial charge in [0.05, 0.1) is 5.92 Å². The fourth-order valence-electron chi connectivity index (χ4n) is 1.56. The summed E-state index contributed by atoms with van der Waals surface area (Å²) in [6.45, 7) is -5.66. The van der Waals surface area contributed by atoms with E-state index >= 15 is 0 Å². The molecule has 1 saturated heterocycles. The van der Waals surface area contributed by atoms with E-state index in [1.165, 1.54) is 0 Å². The third-order valence-corrected chi connectivity index (χ3v) is 2.20. The Morgan fingerprint density at radius 3 is 2.14 bits per heavy atom. The van der Waals surface area contributed by atoms with Crippen LogP contribution in [0.1, 0.15) is 6.42 Å². The van der Waals surface area contributed by atoms with Gasteiger partial charge in [-0.15, -0.1) is 0 Å². The lowest BCUT2D eigenvalue weighted by molar-refractivity contribution is -0.170.